The van der Waals surface area contributed by atoms with Crippen LogP contribution in [0.15, 0.2) is 30.6 Å². The normalized spacial score (nSPS) is 17.9. The second kappa shape index (κ2) is 10.1. The van der Waals surface area contributed by atoms with Crippen LogP contribution in [0.1, 0.15) is 53.0 Å². The Morgan fingerprint density at radius 3 is 2.69 bits per heavy atom. The smallest absolute Gasteiger partial charge is 0.224 e. The molecule has 3 rings (SSSR count). The van der Waals surface area contributed by atoms with E-state index in [1.807, 2.05) is 36.1 Å². The van der Waals surface area contributed by atoms with Crippen molar-refractivity contribution in [2.24, 2.45) is 11.3 Å². The molecular formula is C25H35ClN4O2. The number of aryl methyl sites for hydroxylation is 1. The molecule has 2 heterocycles. The van der Waals surface area contributed by atoms with E-state index in [1.54, 1.807) is 0 Å². The van der Waals surface area contributed by atoms with Crippen molar-refractivity contribution >= 4 is 23.3 Å². The topological polar surface area (TPSA) is 58.6 Å². The molecule has 0 unspecified atom stereocenters. The van der Waals surface area contributed by atoms with Crippen LogP contribution >= 0.6 is 11.6 Å². The van der Waals surface area contributed by atoms with Crippen LogP contribution in [0.2, 0.25) is 5.02 Å². The summed E-state index contributed by atoms with van der Waals surface area (Å²) >= 11 is 6.25. The molecule has 0 bridgehead atoms. The Morgan fingerprint density at radius 2 is 2.00 bits per heavy atom. The maximum Gasteiger partial charge on any atom is 0.224 e. The first-order chi connectivity index (χ1) is 15.0. The lowest BCUT2D eigenvalue weighted by Crippen LogP contribution is -2.54. The van der Waals surface area contributed by atoms with Gasteiger partial charge in [-0.1, -0.05) is 45.4 Å². The number of nitrogens with zero attached hydrogens (tertiary/aromatic N) is 4. The number of aromatic nitrogens is 2. The summed E-state index contributed by atoms with van der Waals surface area (Å²) in [5, 5.41) is 0.539. The summed E-state index contributed by atoms with van der Waals surface area (Å²) in [6.45, 7) is 15.1. The number of hydrogen-bond donors (Lipinski definition) is 0. The second-order valence-corrected chi connectivity index (χ2v) is 10.6. The zero-order valence-corrected chi connectivity index (χ0v) is 20.8. The molecule has 1 fully saturated rings. The van der Waals surface area contributed by atoms with Crippen molar-refractivity contribution in [2.75, 3.05) is 24.5 Å². The number of halogens is 1. The van der Waals surface area contributed by atoms with E-state index in [4.69, 9.17) is 16.3 Å². The van der Waals surface area contributed by atoms with Crippen molar-refractivity contribution in [3.63, 3.8) is 0 Å². The lowest BCUT2D eigenvalue weighted by Gasteiger charge is -2.41. The Balaban J connectivity index is 1.62. The van der Waals surface area contributed by atoms with Gasteiger partial charge in [0.1, 0.15) is 17.9 Å². The lowest BCUT2D eigenvalue weighted by molar-refractivity contribution is -0.134. The minimum absolute atomic E-state index is 0.114. The molecule has 1 aliphatic heterocycles. The highest BCUT2D eigenvalue weighted by atomic mass is 35.5. The minimum atomic E-state index is 0.114. The van der Waals surface area contributed by atoms with Gasteiger partial charge in [-0.2, -0.15) is 0 Å². The molecule has 7 heteroatoms. The molecule has 0 spiro atoms. The lowest BCUT2D eigenvalue weighted by atomic mass is 9.84. The van der Waals surface area contributed by atoms with Crippen molar-refractivity contribution < 1.29 is 9.53 Å². The van der Waals surface area contributed by atoms with Crippen molar-refractivity contribution in [3.05, 3.63) is 41.2 Å². The van der Waals surface area contributed by atoms with Gasteiger partial charge in [-0.3, -0.25) is 4.79 Å². The maximum absolute atomic E-state index is 12.9. The Kier molecular flexibility index (Phi) is 7.65. The van der Waals surface area contributed by atoms with E-state index in [0.29, 0.717) is 35.5 Å². The summed E-state index contributed by atoms with van der Waals surface area (Å²) < 4.78 is 5.92. The summed E-state index contributed by atoms with van der Waals surface area (Å²) in [5.74, 6) is 2.44. The molecule has 0 N–H and O–H groups in total. The number of hydrogen-bond acceptors (Lipinski definition) is 5. The number of piperazine rings is 1. The highest BCUT2D eigenvalue weighted by molar-refractivity contribution is 6.32. The molecule has 2 atom stereocenters. The first kappa shape index (κ1) is 24.3. The average Bonchev–Trinajstić information content (AvgIpc) is 2.69. The summed E-state index contributed by atoms with van der Waals surface area (Å²) in [6.07, 6.45) is 3.15. The fraction of sp³-hybridized carbons (Fsp3) is 0.560. The van der Waals surface area contributed by atoms with Gasteiger partial charge in [-0.25, -0.2) is 9.97 Å². The highest BCUT2D eigenvalue weighted by Gasteiger charge is 2.29. The van der Waals surface area contributed by atoms with Gasteiger partial charge in [0, 0.05) is 38.2 Å². The van der Waals surface area contributed by atoms with Gasteiger partial charge in [0.15, 0.2) is 0 Å². The zero-order valence-electron chi connectivity index (χ0n) is 20.1. The molecule has 6 nitrogen and oxygen atoms in total. The number of anilines is 1. The Labute approximate surface area is 196 Å². The number of benzene rings is 1. The first-order valence-electron chi connectivity index (χ1n) is 11.3. The molecule has 32 heavy (non-hydrogen) atoms. The van der Waals surface area contributed by atoms with Gasteiger partial charge in [0.05, 0.1) is 5.02 Å². The van der Waals surface area contributed by atoms with Crippen molar-refractivity contribution in [3.8, 4) is 11.6 Å². The summed E-state index contributed by atoms with van der Waals surface area (Å²) in [4.78, 5) is 25.8. The van der Waals surface area contributed by atoms with Crippen LogP contribution in [-0.4, -0.2) is 46.5 Å². The van der Waals surface area contributed by atoms with Gasteiger partial charge in [0.2, 0.25) is 11.8 Å². The first-order valence-corrected chi connectivity index (χ1v) is 11.7. The largest absolute Gasteiger partial charge is 0.437 e. The molecule has 174 valence electrons. The fourth-order valence-electron chi connectivity index (χ4n) is 4.43. The minimum Gasteiger partial charge on any atom is -0.437 e. The Morgan fingerprint density at radius 1 is 1.25 bits per heavy atom. The molecule has 0 saturated carbocycles. The van der Waals surface area contributed by atoms with Crippen LogP contribution in [0.25, 0.3) is 0 Å². The maximum atomic E-state index is 12.9. The number of carbonyl (C=O) groups excluding carboxylic acids is 1. The summed E-state index contributed by atoms with van der Waals surface area (Å²) in [7, 11) is 0. The van der Waals surface area contributed by atoms with Crippen molar-refractivity contribution in [2.45, 2.75) is 60.4 Å². The van der Waals surface area contributed by atoms with E-state index in [2.05, 4.69) is 49.5 Å². The standard InChI is InChI=1S/C25H35ClN4O2/c1-17-7-8-20(26)21(11-17)32-23-13-22(27-16-28-23)29-9-10-30(19(3)15-29)24(31)12-18(2)14-25(4,5)6/h7-8,11,13,16,18-19H,9-10,12,14-15H2,1-6H3/t18-,19-/m1/s1. The van der Waals surface area contributed by atoms with E-state index >= 15 is 0 Å². The third kappa shape index (κ3) is 6.58. The van der Waals surface area contributed by atoms with Crippen molar-refractivity contribution in [1.82, 2.24) is 14.9 Å². The molecule has 1 aromatic carbocycles. The number of carbonyl (C=O) groups is 1. The third-order valence-electron chi connectivity index (χ3n) is 5.68. The molecule has 1 amide bonds. The van der Waals surface area contributed by atoms with Crippen LogP contribution in [-0.2, 0) is 4.79 Å². The van der Waals surface area contributed by atoms with Gasteiger partial charge in [-0.15, -0.1) is 0 Å². The number of ether oxygens (including phenoxy) is 1. The van der Waals surface area contributed by atoms with E-state index in [1.165, 1.54) is 6.33 Å². The number of rotatable bonds is 6. The Hall–Kier alpha value is -2.34. The Bertz CT molecular complexity index is 944. The SMILES string of the molecule is Cc1ccc(Cl)c(Oc2cc(N3CCN(C(=O)C[C@@H](C)CC(C)(C)C)[C@H](C)C3)ncn2)c1. The van der Waals surface area contributed by atoms with Crippen LogP contribution in [0, 0.1) is 18.3 Å². The van der Waals surface area contributed by atoms with E-state index in [9.17, 15) is 4.79 Å². The van der Waals surface area contributed by atoms with Crippen LogP contribution in [0.5, 0.6) is 11.6 Å². The van der Waals surface area contributed by atoms with Crippen LogP contribution < -0.4 is 9.64 Å². The molecule has 1 aromatic heterocycles. The van der Waals surface area contributed by atoms with E-state index in [0.717, 1.165) is 30.9 Å². The quantitative estimate of drug-likeness (QED) is 0.553. The van der Waals surface area contributed by atoms with E-state index in [-0.39, 0.29) is 17.4 Å². The van der Waals surface area contributed by atoms with E-state index < -0.39 is 0 Å². The monoisotopic (exact) mass is 458 g/mol. The molecule has 1 aliphatic rings. The predicted molar refractivity (Wildman–Crippen MR) is 130 cm³/mol. The summed E-state index contributed by atoms with van der Waals surface area (Å²) in [6, 6.07) is 7.58. The summed E-state index contributed by atoms with van der Waals surface area (Å²) in [5.41, 5.74) is 1.30. The average molecular weight is 459 g/mol. The zero-order chi connectivity index (χ0) is 23.5. The second-order valence-electron chi connectivity index (χ2n) is 10.2. The number of amides is 1. The fourth-order valence-corrected chi connectivity index (χ4v) is 4.59. The molecule has 1 saturated heterocycles. The van der Waals surface area contributed by atoms with Gasteiger partial charge in [-0.05, 0) is 49.3 Å². The molecule has 0 radical (unpaired) electrons. The molecular weight excluding hydrogens is 424 g/mol. The van der Waals surface area contributed by atoms with Crippen molar-refractivity contribution in [1.29, 1.82) is 0 Å². The molecule has 0 aliphatic carbocycles. The van der Waals surface area contributed by atoms with Gasteiger partial charge < -0.3 is 14.5 Å². The van der Waals surface area contributed by atoms with Gasteiger partial charge >= 0.3 is 0 Å². The third-order valence-corrected chi connectivity index (χ3v) is 6.00. The van der Waals surface area contributed by atoms with Gasteiger partial charge in [0.25, 0.3) is 0 Å². The predicted octanol–water partition coefficient (Wildman–Crippen LogP) is 5.73. The van der Waals surface area contributed by atoms with Crippen LogP contribution in [0.3, 0.4) is 0 Å². The molecule has 2 aromatic rings. The highest BCUT2D eigenvalue weighted by Crippen LogP contribution is 2.31. The van der Waals surface area contributed by atoms with Crippen LogP contribution in [0.4, 0.5) is 5.82 Å².